The zero-order chi connectivity index (χ0) is 15.7. The number of nitrogens with one attached hydrogen (secondary N) is 2. The fourth-order valence-corrected chi connectivity index (χ4v) is 3.04. The number of aryl methyl sites for hydroxylation is 1. The number of carbonyl (C=O) groups excluding carboxylic acids is 1. The fourth-order valence-electron chi connectivity index (χ4n) is 2.04. The van der Waals surface area contributed by atoms with Crippen molar-refractivity contribution in [2.75, 3.05) is 11.1 Å². The highest BCUT2D eigenvalue weighted by Crippen LogP contribution is 2.36. The molecule has 1 amide bonds. The van der Waals surface area contributed by atoms with Gasteiger partial charge in [-0.05, 0) is 37.5 Å². The van der Waals surface area contributed by atoms with E-state index in [1.165, 1.54) is 11.8 Å². The van der Waals surface area contributed by atoms with Crippen LogP contribution in [0.3, 0.4) is 0 Å². The van der Waals surface area contributed by atoms with Crippen LogP contribution in [-0.4, -0.2) is 26.4 Å². The van der Waals surface area contributed by atoms with Crippen molar-refractivity contribution in [2.45, 2.75) is 31.0 Å². The molecule has 1 aromatic carbocycles. The molecule has 3 rings (SSSR count). The van der Waals surface area contributed by atoms with Gasteiger partial charge in [0, 0.05) is 16.8 Å². The molecule has 6 nitrogen and oxygen atoms in total. The predicted molar refractivity (Wildman–Crippen MR) is 86.7 cm³/mol. The van der Waals surface area contributed by atoms with E-state index in [-0.39, 0.29) is 23.4 Å². The van der Waals surface area contributed by atoms with Gasteiger partial charge in [0.05, 0.1) is 5.75 Å². The third-order valence-corrected chi connectivity index (χ3v) is 4.73. The van der Waals surface area contributed by atoms with Gasteiger partial charge < -0.3 is 5.32 Å². The summed E-state index contributed by atoms with van der Waals surface area (Å²) in [5.41, 5.74) is 1.40. The van der Waals surface area contributed by atoms with E-state index in [0.717, 1.165) is 18.4 Å². The van der Waals surface area contributed by atoms with E-state index < -0.39 is 0 Å². The lowest BCUT2D eigenvalue weighted by Gasteiger charge is -2.07. The van der Waals surface area contributed by atoms with E-state index in [2.05, 4.69) is 15.5 Å². The van der Waals surface area contributed by atoms with Crippen molar-refractivity contribution in [1.29, 1.82) is 0 Å². The van der Waals surface area contributed by atoms with Crippen molar-refractivity contribution in [3.05, 3.63) is 39.3 Å². The Labute approximate surface area is 136 Å². The van der Waals surface area contributed by atoms with Crippen LogP contribution >= 0.6 is 23.4 Å². The van der Waals surface area contributed by atoms with Crippen LogP contribution in [0, 0.1) is 6.92 Å². The first-order valence-electron chi connectivity index (χ1n) is 6.90. The number of anilines is 1. The molecule has 0 saturated heterocycles. The minimum Gasteiger partial charge on any atom is -0.325 e. The second kappa shape index (κ2) is 6.18. The summed E-state index contributed by atoms with van der Waals surface area (Å²) >= 11 is 7.27. The van der Waals surface area contributed by atoms with Gasteiger partial charge in [0.15, 0.2) is 5.16 Å². The number of nitrogens with zero attached hydrogens (tertiary/aromatic N) is 2. The molecule has 0 atom stereocenters. The molecule has 8 heteroatoms. The molecule has 22 heavy (non-hydrogen) atoms. The number of carbonyl (C=O) groups is 1. The van der Waals surface area contributed by atoms with Gasteiger partial charge in [0.2, 0.25) is 5.91 Å². The zero-order valence-electron chi connectivity index (χ0n) is 11.9. The summed E-state index contributed by atoms with van der Waals surface area (Å²) in [6.45, 7) is 1.90. The largest absolute Gasteiger partial charge is 0.344 e. The van der Waals surface area contributed by atoms with Crippen LogP contribution in [0.15, 0.2) is 28.2 Å². The second-order valence-corrected chi connectivity index (χ2v) is 6.56. The van der Waals surface area contributed by atoms with E-state index in [1.807, 2.05) is 13.0 Å². The van der Waals surface area contributed by atoms with Crippen molar-refractivity contribution >= 4 is 35.0 Å². The number of aromatic nitrogens is 3. The normalized spacial score (nSPS) is 14.1. The molecule has 0 bridgehead atoms. The minimum absolute atomic E-state index is 0.164. The Morgan fingerprint density at radius 1 is 1.55 bits per heavy atom. The van der Waals surface area contributed by atoms with Crippen molar-refractivity contribution in [3.63, 3.8) is 0 Å². The number of H-pyrrole nitrogens is 1. The van der Waals surface area contributed by atoms with Crippen molar-refractivity contribution in [1.82, 2.24) is 14.8 Å². The van der Waals surface area contributed by atoms with E-state index in [0.29, 0.717) is 15.9 Å². The number of hydrogen-bond acceptors (Lipinski definition) is 4. The quantitative estimate of drug-likeness (QED) is 0.821. The number of benzene rings is 1. The molecule has 0 radical (unpaired) electrons. The van der Waals surface area contributed by atoms with Crippen LogP contribution in [0.5, 0.6) is 0 Å². The van der Waals surface area contributed by atoms with Gasteiger partial charge in [-0.25, -0.2) is 9.89 Å². The Balaban J connectivity index is 1.60. The molecule has 1 fully saturated rings. The Morgan fingerprint density at radius 2 is 2.32 bits per heavy atom. The summed E-state index contributed by atoms with van der Waals surface area (Å²) in [6.07, 6.45) is 1.97. The number of aromatic amines is 1. The maximum atomic E-state index is 12.0. The number of rotatable bonds is 5. The molecule has 1 aliphatic rings. The molecular formula is C14H15ClN4O2S. The highest BCUT2D eigenvalue weighted by atomic mass is 35.5. The van der Waals surface area contributed by atoms with E-state index in [4.69, 9.17) is 11.6 Å². The molecule has 116 valence electrons. The predicted octanol–water partition coefficient (Wildman–Crippen LogP) is 2.60. The Morgan fingerprint density at radius 3 is 3.00 bits per heavy atom. The van der Waals surface area contributed by atoms with Crippen LogP contribution < -0.4 is 11.0 Å². The molecular weight excluding hydrogens is 324 g/mol. The van der Waals surface area contributed by atoms with E-state index in [1.54, 1.807) is 16.7 Å². The summed E-state index contributed by atoms with van der Waals surface area (Å²) in [5.74, 6) is 0.0189. The maximum Gasteiger partial charge on any atom is 0.344 e. The Kier molecular flexibility index (Phi) is 4.26. The number of halogens is 1. The second-order valence-electron chi connectivity index (χ2n) is 5.21. The van der Waals surface area contributed by atoms with Crippen LogP contribution in [0.25, 0.3) is 0 Å². The van der Waals surface area contributed by atoms with Crippen molar-refractivity contribution < 1.29 is 4.79 Å². The minimum atomic E-state index is -0.212. The molecule has 1 aliphatic carbocycles. The van der Waals surface area contributed by atoms with E-state index in [9.17, 15) is 9.59 Å². The molecule has 0 unspecified atom stereocenters. The highest BCUT2D eigenvalue weighted by Gasteiger charge is 2.28. The lowest BCUT2D eigenvalue weighted by atomic mass is 10.2. The van der Waals surface area contributed by atoms with Gasteiger partial charge in [-0.2, -0.15) is 0 Å². The number of thioether (sulfide) groups is 1. The molecule has 1 heterocycles. The molecule has 2 aromatic rings. The van der Waals surface area contributed by atoms with Gasteiger partial charge in [-0.15, -0.1) is 5.10 Å². The first kappa shape index (κ1) is 15.2. The Bertz CT molecular complexity index is 766. The average Bonchev–Trinajstić information content (AvgIpc) is 3.24. The average molecular weight is 339 g/mol. The van der Waals surface area contributed by atoms with Crippen molar-refractivity contribution in [3.8, 4) is 0 Å². The van der Waals surface area contributed by atoms with Gasteiger partial charge in [-0.1, -0.05) is 29.4 Å². The molecule has 0 spiro atoms. The van der Waals surface area contributed by atoms with Crippen molar-refractivity contribution in [2.24, 2.45) is 0 Å². The van der Waals surface area contributed by atoms with E-state index >= 15 is 0 Å². The van der Waals surface area contributed by atoms with Gasteiger partial charge in [-0.3, -0.25) is 9.36 Å². The van der Waals surface area contributed by atoms with Gasteiger partial charge in [0.1, 0.15) is 0 Å². The first-order chi connectivity index (χ1) is 10.5. The molecule has 0 aliphatic heterocycles. The van der Waals surface area contributed by atoms with Gasteiger partial charge >= 0.3 is 5.69 Å². The van der Waals surface area contributed by atoms with Crippen LogP contribution in [0.2, 0.25) is 5.02 Å². The maximum absolute atomic E-state index is 12.0. The number of hydrogen-bond donors (Lipinski definition) is 2. The third kappa shape index (κ3) is 3.36. The first-order valence-corrected chi connectivity index (χ1v) is 8.26. The Hall–Kier alpha value is -1.73. The smallest absolute Gasteiger partial charge is 0.325 e. The lowest BCUT2D eigenvalue weighted by molar-refractivity contribution is -0.113. The topological polar surface area (TPSA) is 79.8 Å². The van der Waals surface area contributed by atoms with Crippen LogP contribution in [0.1, 0.15) is 24.4 Å². The summed E-state index contributed by atoms with van der Waals surface area (Å²) in [5, 5.41) is 10.4. The molecule has 1 aromatic heterocycles. The molecule has 2 N–H and O–H groups in total. The van der Waals surface area contributed by atoms with Gasteiger partial charge in [0.25, 0.3) is 0 Å². The fraction of sp³-hybridized carbons (Fsp3) is 0.357. The summed E-state index contributed by atoms with van der Waals surface area (Å²) < 4.78 is 1.63. The summed E-state index contributed by atoms with van der Waals surface area (Å²) in [6, 6.07) is 5.60. The third-order valence-electron chi connectivity index (χ3n) is 3.37. The monoisotopic (exact) mass is 338 g/mol. The highest BCUT2D eigenvalue weighted by molar-refractivity contribution is 7.99. The lowest BCUT2D eigenvalue weighted by Crippen LogP contribution is -2.17. The van der Waals surface area contributed by atoms with Crippen LogP contribution in [0.4, 0.5) is 5.69 Å². The summed E-state index contributed by atoms with van der Waals surface area (Å²) in [7, 11) is 0. The standard InChI is InChI=1S/C14H15ClN4O2S/c1-8-2-3-9(6-11(8)15)16-12(20)7-22-14-18-17-13(21)19(14)10-4-5-10/h2-3,6,10H,4-5,7H2,1H3,(H,16,20)(H,17,21). The van der Waals surface area contributed by atoms with Crippen LogP contribution in [-0.2, 0) is 4.79 Å². The molecule has 1 saturated carbocycles. The summed E-state index contributed by atoms with van der Waals surface area (Å²) in [4.78, 5) is 23.6. The zero-order valence-corrected chi connectivity index (χ0v) is 13.5. The number of amides is 1. The SMILES string of the molecule is Cc1ccc(NC(=O)CSc2n[nH]c(=O)n2C2CC2)cc1Cl.